The van der Waals surface area contributed by atoms with Crippen molar-refractivity contribution in [1.82, 2.24) is 0 Å². The van der Waals surface area contributed by atoms with E-state index in [-0.39, 0.29) is 12.2 Å². The minimum Gasteiger partial charge on any atom is -0.364 e. The molecule has 0 spiro atoms. The van der Waals surface area contributed by atoms with Crippen molar-refractivity contribution in [1.29, 1.82) is 0 Å². The van der Waals surface area contributed by atoms with Gasteiger partial charge in [-0.15, -0.1) is 11.3 Å². The van der Waals surface area contributed by atoms with E-state index in [0.29, 0.717) is 6.54 Å². The molecule has 0 amide bonds. The minimum absolute atomic E-state index is 0.00907. The summed E-state index contributed by atoms with van der Waals surface area (Å²) in [5.74, 6) is 0. The van der Waals surface area contributed by atoms with E-state index < -0.39 is 0 Å². The molecule has 2 atom stereocenters. The Morgan fingerprint density at radius 3 is 2.53 bits per heavy atom. The second-order valence-electron chi connectivity index (χ2n) is 3.93. The lowest BCUT2D eigenvalue weighted by atomic mass is 10.1. The molecule has 2 rings (SSSR count). The number of hydrogen-bond donors (Lipinski definition) is 1. The van der Waals surface area contributed by atoms with Crippen LogP contribution in [0.3, 0.4) is 0 Å². The van der Waals surface area contributed by atoms with Crippen LogP contribution in [-0.2, 0) is 4.74 Å². The van der Waals surface area contributed by atoms with Gasteiger partial charge in [0.25, 0.3) is 0 Å². The van der Waals surface area contributed by atoms with E-state index in [2.05, 4.69) is 30.5 Å². The number of hydrogen-bond acceptors (Lipinski definition) is 3. The zero-order chi connectivity index (χ0) is 12.1. The molecule has 2 nitrogen and oxygen atoms in total. The quantitative estimate of drug-likeness (QED) is 0.877. The van der Waals surface area contributed by atoms with E-state index in [1.807, 2.05) is 24.3 Å². The normalized spacial score (nSPS) is 14.5. The maximum Gasteiger partial charge on any atom is 0.105 e. The van der Waals surface area contributed by atoms with Crippen LogP contribution >= 0.6 is 11.3 Å². The Morgan fingerprint density at radius 1 is 1.18 bits per heavy atom. The third-order valence-electron chi connectivity index (χ3n) is 2.71. The highest BCUT2D eigenvalue weighted by molar-refractivity contribution is 7.10. The molecule has 90 valence electrons. The first kappa shape index (κ1) is 12.3. The maximum atomic E-state index is 6.02. The van der Waals surface area contributed by atoms with Gasteiger partial charge in [0.1, 0.15) is 6.10 Å². The van der Waals surface area contributed by atoms with Crippen molar-refractivity contribution in [2.24, 2.45) is 5.73 Å². The number of benzene rings is 1. The Hall–Kier alpha value is -1.16. The molecular formula is C14H17NOS. The molecule has 1 aromatic heterocycles. The molecule has 0 saturated heterocycles. The van der Waals surface area contributed by atoms with Crippen molar-refractivity contribution in [3.63, 3.8) is 0 Å². The second-order valence-corrected chi connectivity index (χ2v) is 4.91. The molecule has 3 heteroatoms. The lowest BCUT2D eigenvalue weighted by Crippen LogP contribution is -2.16. The number of thiophene rings is 1. The van der Waals surface area contributed by atoms with Crippen LogP contribution in [0, 0.1) is 0 Å². The summed E-state index contributed by atoms with van der Waals surface area (Å²) in [5.41, 5.74) is 6.95. The Balaban J connectivity index is 2.05. The molecule has 0 bridgehead atoms. The molecule has 17 heavy (non-hydrogen) atoms. The van der Waals surface area contributed by atoms with Crippen molar-refractivity contribution < 1.29 is 4.74 Å². The number of rotatable bonds is 5. The topological polar surface area (TPSA) is 35.2 Å². The molecule has 1 heterocycles. The van der Waals surface area contributed by atoms with E-state index in [9.17, 15) is 0 Å². The average molecular weight is 247 g/mol. The molecule has 0 fully saturated rings. The second kappa shape index (κ2) is 5.96. The van der Waals surface area contributed by atoms with Crippen molar-refractivity contribution in [3.05, 3.63) is 58.3 Å². The first-order valence-corrected chi connectivity index (χ1v) is 6.63. The molecule has 0 aliphatic carbocycles. The van der Waals surface area contributed by atoms with Crippen LogP contribution in [0.1, 0.15) is 29.6 Å². The summed E-state index contributed by atoms with van der Waals surface area (Å²) in [4.78, 5) is 1.19. The fourth-order valence-corrected chi connectivity index (χ4v) is 2.54. The van der Waals surface area contributed by atoms with Crippen molar-refractivity contribution in [2.45, 2.75) is 19.1 Å². The van der Waals surface area contributed by atoms with Gasteiger partial charge in [-0.1, -0.05) is 36.4 Å². The third-order valence-corrected chi connectivity index (χ3v) is 3.68. The molecule has 1 aromatic carbocycles. The molecule has 2 unspecified atom stereocenters. The van der Waals surface area contributed by atoms with Crippen LogP contribution in [0.5, 0.6) is 0 Å². The number of nitrogens with two attached hydrogens (primary N) is 1. The summed E-state index contributed by atoms with van der Waals surface area (Å²) in [5, 5.41) is 2.05. The Labute approximate surface area is 106 Å². The van der Waals surface area contributed by atoms with Crippen LogP contribution in [0.15, 0.2) is 47.8 Å². The van der Waals surface area contributed by atoms with Gasteiger partial charge in [-0.25, -0.2) is 0 Å². The largest absolute Gasteiger partial charge is 0.364 e. The molecule has 0 radical (unpaired) electrons. The van der Waals surface area contributed by atoms with Crippen molar-refractivity contribution in [2.75, 3.05) is 6.54 Å². The lowest BCUT2D eigenvalue weighted by molar-refractivity contribution is 0.00220. The van der Waals surface area contributed by atoms with Gasteiger partial charge in [0, 0.05) is 11.4 Å². The van der Waals surface area contributed by atoms with Crippen LogP contribution in [-0.4, -0.2) is 6.54 Å². The summed E-state index contributed by atoms with van der Waals surface area (Å²) >= 11 is 1.69. The minimum atomic E-state index is -0.00907. The van der Waals surface area contributed by atoms with Gasteiger partial charge in [0.15, 0.2) is 0 Å². The molecular weight excluding hydrogens is 230 g/mol. The van der Waals surface area contributed by atoms with Crippen LogP contribution in [0.2, 0.25) is 0 Å². The Bertz CT molecular complexity index is 427. The smallest absolute Gasteiger partial charge is 0.105 e. The first-order valence-electron chi connectivity index (χ1n) is 5.75. The van der Waals surface area contributed by atoms with Crippen LogP contribution in [0.25, 0.3) is 0 Å². The van der Waals surface area contributed by atoms with Crippen LogP contribution in [0.4, 0.5) is 0 Å². The van der Waals surface area contributed by atoms with Crippen molar-refractivity contribution >= 4 is 11.3 Å². The molecule has 2 aromatic rings. The van der Waals surface area contributed by atoms with Gasteiger partial charge >= 0.3 is 0 Å². The summed E-state index contributed by atoms with van der Waals surface area (Å²) in [6.45, 7) is 2.57. The predicted molar refractivity (Wildman–Crippen MR) is 72.1 cm³/mol. The average Bonchev–Trinajstić information content (AvgIpc) is 2.90. The third kappa shape index (κ3) is 3.16. The summed E-state index contributed by atoms with van der Waals surface area (Å²) in [6.07, 6.45) is 0.0528. The summed E-state index contributed by atoms with van der Waals surface area (Å²) in [6, 6.07) is 14.3. The molecule has 2 N–H and O–H groups in total. The first-order chi connectivity index (χ1) is 8.31. The zero-order valence-corrected chi connectivity index (χ0v) is 10.7. The fourth-order valence-electron chi connectivity index (χ4n) is 1.76. The predicted octanol–water partition coefficient (Wildman–Crippen LogP) is 3.53. The maximum absolute atomic E-state index is 6.02. The van der Waals surface area contributed by atoms with Gasteiger partial charge in [-0.2, -0.15) is 0 Å². The monoisotopic (exact) mass is 247 g/mol. The summed E-state index contributed by atoms with van der Waals surface area (Å²) < 4.78 is 6.02. The molecule has 0 aliphatic heterocycles. The van der Waals surface area contributed by atoms with Gasteiger partial charge in [-0.05, 0) is 23.9 Å². The Kier molecular flexibility index (Phi) is 4.31. The van der Waals surface area contributed by atoms with E-state index in [1.54, 1.807) is 11.3 Å². The van der Waals surface area contributed by atoms with E-state index in [1.165, 1.54) is 10.4 Å². The van der Waals surface area contributed by atoms with Gasteiger partial charge in [0.2, 0.25) is 0 Å². The van der Waals surface area contributed by atoms with E-state index in [0.717, 1.165) is 0 Å². The highest BCUT2D eigenvalue weighted by atomic mass is 32.1. The van der Waals surface area contributed by atoms with E-state index >= 15 is 0 Å². The fraction of sp³-hybridized carbons (Fsp3) is 0.286. The van der Waals surface area contributed by atoms with Gasteiger partial charge < -0.3 is 10.5 Å². The zero-order valence-electron chi connectivity index (χ0n) is 9.87. The highest BCUT2D eigenvalue weighted by Crippen LogP contribution is 2.28. The van der Waals surface area contributed by atoms with Gasteiger partial charge in [-0.3, -0.25) is 0 Å². The van der Waals surface area contributed by atoms with Crippen molar-refractivity contribution in [3.8, 4) is 0 Å². The number of ether oxygens (including phenoxy) is 1. The molecule has 0 saturated carbocycles. The Morgan fingerprint density at radius 2 is 1.94 bits per heavy atom. The van der Waals surface area contributed by atoms with E-state index in [4.69, 9.17) is 10.5 Å². The van der Waals surface area contributed by atoms with Crippen LogP contribution < -0.4 is 5.73 Å². The highest BCUT2D eigenvalue weighted by Gasteiger charge is 2.15. The summed E-state index contributed by atoms with van der Waals surface area (Å²) in [7, 11) is 0. The van der Waals surface area contributed by atoms with Gasteiger partial charge in [0.05, 0.1) is 6.10 Å². The standard InChI is InChI=1S/C14H17NOS/c1-11(12-6-3-2-4-7-12)16-13(10-15)14-8-5-9-17-14/h2-9,11,13H,10,15H2,1H3. The lowest BCUT2D eigenvalue weighted by Gasteiger charge is -2.20. The molecule has 0 aliphatic rings. The SMILES string of the molecule is CC(OC(CN)c1cccs1)c1ccccc1.